The van der Waals surface area contributed by atoms with Gasteiger partial charge in [-0.25, -0.2) is 8.78 Å². The monoisotopic (exact) mass is 512 g/mol. The SMILES string of the molecule is CCCCCCC[C@@]1(CC(F)CCCCC)CC[C@](C(=O)O)(c2ccc(-c3ccccc3)cc2)CC1F. The zero-order chi connectivity index (χ0) is 26.7. The van der Waals surface area contributed by atoms with Gasteiger partial charge in [0.05, 0.1) is 5.41 Å². The molecule has 0 amide bonds. The Labute approximate surface area is 222 Å². The van der Waals surface area contributed by atoms with Crippen molar-refractivity contribution in [2.75, 3.05) is 0 Å². The first-order chi connectivity index (χ1) is 17.9. The van der Waals surface area contributed by atoms with Crippen LogP contribution in [0.1, 0.15) is 109 Å². The lowest BCUT2D eigenvalue weighted by Crippen LogP contribution is -2.50. The molecule has 2 aromatic carbocycles. The highest BCUT2D eigenvalue weighted by molar-refractivity contribution is 5.82. The van der Waals surface area contributed by atoms with E-state index in [0.717, 1.165) is 62.5 Å². The van der Waals surface area contributed by atoms with Crippen LogP contribution in [-0.4, -0.2) is 23.4 Å². The zero-order valence-corrected chi connectivity index (χ0v) is 22.9. The molecule has 1 aliphatic carbocycles. The van der Waals surface area contributed by atoms with Crippen LogP contribution in [0.3, 0.4) is 0 Å². The highest BCUT2D eigenvalue weighted by atomic mass is 19.1. The third-order valence-electron chi connectivity index (χ3n) is 8.72. The summed E-state index contributed by atoms with van der Waals surface area (Å²) in [6, 6.07) is 17.5. The number of carboxylic acids is 1. The zero-order valence-electron chi connectivity index (χ0n) is 22.9. The molecule has 4 heteroatoms. The molecule has 0 bridgehead atoms. The lowest BCUT2D eigenvalue weighted by Gasteiger charge is -2.48. The minimum absolute atomic E-state index is 0.0797. The Kier molecular flexibility index (Phi) is 11.2. The highest BCUT2D eigenvalue weighted by Gasteiger charge is 2.54. The van der Waals surface area contributed by atoms with Crippen molar-refractivity contribution in [2.45, 2.75) is 121 Å². The van der Waals surface area contributed by atoms with E-state index in [1.807, 2.05) is 54.6 Å². The van der Waals surface area contributed by atoms with Gasteiger partial charge in [-0.15, -0.1) is 0 Å². The molecule has 2 unspecified atom stereocenters. The van der Waals surface area contributed by atoms with Crippen molar-refractivity contribution in [3.63, 3.8) is 0 Å². The average molecular weight is 513 g/mol. The van der Waals surface area contributed by atoms with E-state index in [1.165, 1.54) is 0 Å². The molecule has 1 saturated carbocycles. The van der Waals surface area contributed by atoms with Gasteiger partial charge < -0.3 is 5.11 Å². The predicted octanol–water partition coefficient (Wildman–Crippen LogP) is 9.85. The minimum Gasteiger partial charge on any atom is -0.481 e. The second kappa shape index (κ2) is 14.1. The quantitative estimate of drug-likeness (QED) is 0.241. The van der Waals surface area contributed by atoms with Crippen molar-refractivity contribution >= 4 is 5.97 Å². The Balaban J connectivity index is 1.80. The molecule has 0 heterocycles. The fraction of sp³-hybridized carbons (Fsp3) is 0.606. The smallest absolute Gasteiger partial charge is 0.314 e. The molecule has 204 valence electrons. The number of halogens is 2. The molecule has 0 saturated heterocycles. The van der Waals surface area contributed by atoms with Crippen molar-refractivity contribution < 1.29 is 18.7 Å². The van der Waals surface area contributed by atoms with E-state index in [4.69, 9.17) is 0 Å². The Morgan fingerprint density at radius 3 is 2.14 bits per heavy atom. The molecule has 37 heavy (non-hydrogen) atoms. The fourth-order valence-corrected chi connectivity index (χ4v) is 6.29. The minimum atomic E-state index is -1.33. The molecule has 1 fully saturated rings. The Hall–Kier alpha value is -2.23. The van der Waals surface area contributed by atoms with Gasteiger partial charge in [0.2, 0.25) is 0 Å². The molecule has 0 radical (unpaired) electrons. The van der Waals surface area contributed by atoms with Crippen molar-refractivity contribution in [1.82, 2.24) is 0 Å². The van der Waals surface area contributed by atoms with Crippen molar-refractivity contribution in [3.8, 4) is 11.1 Å². The maximum Gasteiger partial charge on any atom is 0.314 e. The summed E-state index contributed by atoms with van der Waals surface area (Å²) in [6.45, 7) is 4.27. The number of carbonyl (C=O) groups is 1. The van der Waals surface area contributed by atoms with Crippen molar-refractivity contribution in [1.29, 1.82) is 0 Å². The third-order valence-corrected chi connectivity index (χ3v) is 8.72. The third kappa shape index (κ3) is 7.42. The van der Waals surface area contributed by atoms with Crippen LogP contribution in [0.4, 0.5) is 8.78 Å². The number of hydrogen-bond acceptors (Lipinski definition) is 1. The van der Waals surface area contributed by atoms with E-state index >= 15 is 8.78 Å². The van der Waals surface area contributed by atoms with Gasteiger partial charge in [-0.1, -0.05) is 120 Å². The van der Waals surface area contributed by atoms with Gasteiger partial charge in [0.15, 0.2) is 0 Å². The van der Waals surface area contributed by atoms with Crippen LogP contribution in [0.15, 0.2) is 54.6 Å². The molecule has 1 N–H and O–H groups in total. The normalized spacial score (nSPS) is 24.6. The number of rotatable bonds is 15. The number of benzene rings is 2. The van der Waals surface area contributed by atoms with Gasteiger partial charge in [0.1, 0.15) is 12.3 Å². The summed E-state index contributed by atoms with van der Waals surface area (Å²) >= 11 is 0. The van der Waals surface area contributed by atoms with Crippen LogP contribution in [0.2, 0.25) is 0 Å². The van der Waals surface area contributed by atoms with Crippen LogP contribution in [0.25, 0.3) is 11.1 Å². The highest BCUT2D eigenvalue weighted by Crippen LogP contribution is 2.54. The number of alkyl halides is 2. The summed E-state index contributed by atoms with van der Waals surface area (Å²) in [7, 11) is 0. The first-order valence-electron chi connectivity index (χ1n) is 14.5. The molecule has 0 spiro atoms. The summed E-state index contributed by atoms with van der Waals surface area (Å²) in [5, 5.41) is 10.4. The van der Waals surface area contributed by atoms with E-state index < -0.39 is 29.1 Å². The van der Waals surface area contributed by atoms with E-state index in [-0.39, 0.29) is 12.8 Å². The molecule has 0 aliphatic heterocycles. The lowest BCUT2D eigenvalue weighted by atomic mass is 9.57. The molecule has 1 aliphatic rings. The van der Waals surface area contributed by atoms with Gasteiger partial charge in [-0.05, 0) is 55.2 Å². The molecule has 0 aromatic heterocycles. The summed E-state index contributed by atoms with van der Waals surface area (Å²) in [4.78, 5) is 12.7. The Morgan fingerprint density at radius 2 is 1.51 bits per heavy atom. The number of aliphatic carboxylic acids is 1. The molecular weight excluding hydrogens is 466 g/mol. The van der Waals surface area contributed by atoms with Gasteiger partial charge in [-0.2, -0.15) is 0 Å². The van der Waals surface area contributed by atoms with Gasteiger partial charge in [0.25, 0.3) is 0 Å². The van der Waals surface area contributed by atoms with Gasteiger partial charge in [-0.3, -0.25) is 4.79 Å². The Bertz CT molecular complexity index is 945. The molecule has 3 rings (SSSR count). The van der Waals surface area contributed by atoms with Crippen molar-refractivity contribution in [2.24, 2.45) is 5.41 Å². The number of hydrogen-bond donors (Lipinski definition) is 1. The maximum absolute atomic E-state index is 16.3. The van der Waals surface area contributed by atoms with Gasteiger partial charge in [0, 0.05) is 5.41 Å². The van der Waals surface area contributed by atoms with Crippen LogP contribution in [0.5, 0.6) is 0 Å². The van der Waals surface area contributed by atoms with Gasteiger partial charge >= 0.3 is 5.97 Å². The standard InChI is InChI=1S/C33H46F2O2/c1-3-5-7-8-13-21-32(24-29(34)16-10-6-4-2)22-23-33(31(36)37,25-30(32)35)28-19-17-27(18-20-28)26-14-11-9-12-15-26/h9,11-12,14-15,17-20,29-30H,3-8,10,13,16,21-25H2,1-2H3,(H,36,37)/t29?,30?,32-,33+/m0/s1. The largest absolute Gasteiger partial charge is 0.481 e. The average Bonchev–Trinajstić information content (AvgIpc) is 2.91. The first-order valence-corrected chi connectivity index (χ1v) is 14.5. The molecular formula is C33H46F2O2. The van der Waals surface area contributed by atoms with Crippen LogP contribution >= 0.6 is 0 Å². The van der Waals surface area contributed by atoms with E-state index in [2.05, 4.69) is 13.8 Å². The number of unbranched alkanes of at least 4 members (excludes halogenated alkanes) is 6. The Morgan fingerprint density at radius 1 is 0.892 bits per heavy atom. The van der Waals surface area contributed by atoms with E-state index in [9.17, 15) is 9.90 Å². The molecule has 2 aromatic rings. The summed E-state index contributed by atoms with van der Waals surface area (Å²) in [5.41, 5.74) is 0.685. The lowest BCUT2D eigenvalue weighted by molar-refractivity contribution is -0.149. The van der Waals surface area contributed by atoms with E-state index in [1.54, 1.807) is 0 Å². The van der Waals surface area contributed by atoms with Crippen LogP contribution < -0.4 is 0 Å². The first kappa shape index (κ1) is 29.3. The summed E-state index contributed by atoms with van der Waals surface area (Å²) in [6.07, 6.45) is 7.86. The number of carboxylic acid groups (broad SMARTS) is 1. The second-order valence-electron chi connectivity index (χ2n) is 11.3. The van der Waals surface area contributed by atoms with Crippen LogP contribution in [-0.2, 0) is 10.2 Å². The predicted molar refractivity (Wildman–Crippen MR) is 149 cm³/mol. The van der Waals surface area contributed by atoms with Crippen LogP contribution in [0, 0.1) is 5.41 Å². The molecule has 4 atom stereocenters. The second-order valence-corrected chi connectivity index (χ2v) is 11.3. The molecule has 2 nitrogen and oxygen atoms in total. The topological polar surface area (TPSA) is 37.3 Å². The van der Waals surface area contributed by atoms with E-state index in [0.29, 0.717) is 31.2 Å². The van der Waals surface area contributed by atoms with Crippen molar-refractivity contribution in [3.05, 3.63) is 60.2 Å². The summed E-state index contributed by atoms with van der Waals surface area (Å²) in [5.74, 6) is -0.973. The fourth-order valence-electron chi connectivity index (χ4n) is 6.29. The summed E-state index contributed by atoms with van der Waals surface area (Å²) < 4.78 is 31.4. The maximum atomic E-state index is 16.3.